The molecule has 0 saturated heterocycles. The first kappa shape index (κ1) is 18.6. The third kappa shape index (κ3) is 4.42. The number of aryl methyl sites for hydroxylation is 1. The molecule has 1 aromatic carbocycles. The average Bonchev–Trinajstić information content (AvgIpc) is 2.83. The van der Waals surface area contributed by atoms with E-state index in [0.717, 1.165) is 5.69 Å². The van der Waals surface area contributed by atoms with Gasteiger partial charge in [-0.2, -0.15) is 5.10 Å². The molecule has 0 aliphatic heterocycles. The molecule has 2 N–H and O–H groups in total. The van der Waals surface area contributed by atoms with E-state index in [4.69, 9.17) is 9.84 Å². The largest absolute Gasteiger partial charge is 0.480 e. The van der Waals surface area contributed by atoms with Gasteiger partial charge < -0.3 is 15.2 Å². The minimum atomic E-state index is -1.16. The van der Waals surface area contributed by atoms with E-state index in [9.17, 15) is 14.0 Å². The number of aliphatic carboxylic acids is 1. The maximum Gasteiger partial charge on any atom is 0.328 e. The van der Waals surface area contributed by atoms with E-state index >= 15 is 0 Å². The highest BCUT2D eigenvalue weighted by atomic mass is 19.1. The smallest absolute Gasteiger partial charge is 0.328 e. The molecular weight excluding hydrogens is 329 g/mol. The topological polar surface area (TPSA) is 93.5 Å². The van der Waals surface area contributed by atoms with E-state index < -0.39 is 17.9 Å². The number of amides is 1. The van der Waals surface area contributed by atoms with Crippen LogP contribution in [-0.2, 0) is 20.7 Å². The van der Waals surface area contributed by atoms with Crippen molar-refractivity contribution in [3.63, 3.8) is 0 Å². The highest BCUT2D eigenvalue weighted by molar-refractivity contribution is 5.85. The molecule has 1 amide bonds. The van der Waals surface area contributed by atoms with Gasteiger partial charge in [-0.25, -0.2) is 13.9 Å². The fourth-order valence-corrected chi connectivity index (χ4v) is 2.51. The van der Waals surface area contributed by atoms with Gasteiger partial charge in [0.2, 0.25) is 5.91 Å². The summed E-state index contributed by atoms with van der Waals surface area (Å²) in [6, 6.07) is 4.75. The van der Waals surface area contributed by atoms with E-state index in [1.807, 2.05) is 0 Å². The number of carboxylic acids is 1. The minimum absolute atomic E-state index is 0.00758. The van der Waals surface area contributed by atoms with Gasteiger partial charge in [-0.1, -0.05) is 0 Å². The molecule has 0 spiro atoms. The van der Waals surface area contributed by atoms with Gasteiger partial charge in [-0.15, -0.1) is 0 Å². The Balaban J connectivity index is 2.19. The number of carbonyl (C=O) groups excluding carboxylic acids is 1. The fourth-order valence-electron chi connectivity index (χ4n) is 2.51. The van der Waals surface area contributed by atoms with Gasteiger partial charge >= 0.3 is 5.97 Å². The fraction of sp³-hybridized carbons (Fsp3) is 0.353. The van der Waals surface area contributed by atoms with Crippen LogP contribution < -0.4 is 5.32 Å². The van der Waals surface area contributed by atoms with Crippen LogP contribution in [0, 0.1) is 19.7 Å². The van der Waals surface area contributed by atoms with Crippen LogP contribution in [-0.4, -0.2) is 46.5 Å². The summed E-state index contributed by atoms with van der Waals surface area (Å²) in [4.78, 5) is 23.3. The number of nitrogens with zero attached hydrogens (tertiary/aromatic N) is 2. The number of carbonyl (C=O) groups is 2. The Labute approximate surface area is 144 Å². The van der Waals surface area contributed by atoms with E-state index in [-0.39, 0.29) is 18.8 Å². The predicted molar refractivity (Wildman–Crippen MR) is 88.1 cm³/mol. The van der Waals surface area contributed by atoms with Crippen molar-refractivity contribution in [3.8, 4) is 5.69 Å². The van der Waals surface area contributed by atoms with Gasteiger partial charge in [0.15, 0.2) is 6.04 Å². The molecule has 2 rings (SSSR count). The zero-order valence-corrected chi connectivity index (χ0v) is 14.2. The normalized spacial score (nSPS) is 12.0. The lowest BCUT2D eigenvalue weighted by Gasteiger charge is -2.13. The highest BCUT2D eigenvalue weighted by Gasteiger charge is 2.22. The summed E-state index contributed by atoms with van der Waals surface area (Å²) in [5, 5.41) is 15.9. The molecule has 0 saturated carbocycles. The Morgan fingerprint density at radius 3 is 2.52 bits per heavy atom. The second kappa shape index (κ2) is 7.89. The van der Waals surface area contributed by atoms with Gasteiger partial charge in [0.1, 0.15) is 5.82 Å². The monoisotopic (exact) mass is 349 g/mol. The molecule has 25 heavy (non-hydrogen) atoms. The molecule has 0 bridgehead atoms. The standard InChI is InChI=1S/C17H20FN3O4/c1-10-14(8-16(22)19-15(9-25-3)17(23)24)11(2)21(20-10)13-6-4-12(18)5-7-13/h4-7,15H,8-9H2,1-3H3,(H,19,22)(H,23,24). The van der Waals surface area contributed by atoms with E-state index in [1.54, 1.807) is 30.7 Å². The lowest BCUT2D eigenvalue weighted by molar-refractivity contribution is -0.143. The number of rotatable bonds is 7. The number of halogens is 1. The number of nitrogens with one attached hydrogen (secondary N) is 1. The maximum absolute atomic E-state index is 13.1. The predicted octanol–water partition coefficient (Wildman–Crippen LogP) is 1.39. The van der Waals surface area contributed by atoms with Crippen molar-refractivity contribution >= 4 is 11.9 Å². The van der Waals surface area contributed by atoms with Crippen molar-refractivity contribution < 1.29 is 23.8 Å². The molecule has 134 valence electrons. The Hall–Kier alpha value is -2.74. The number of benzene rings is 1. The molecule has 2 aromatic rings. The number of ether oxygens (including phenoxy) is 1. The molecule has 0 radical (unpaired) electrons. The summed E-state index contributed by atoms with van der Waals surface area (Å²) in [6.07, 6.45) is -0.00758. The van der Waals surface area contributed by atoms with E-state index in [0.29, 0.717) is 16.9 Å². The SMILES string of the molecule is COCC(NC(=O)Cc1c(C)nn(-c2ccc(F)cc2)c1C)C(=O)O. The second-order valence-electron chi connectivity index (χ2n) is 5.63. The summed E-state index contributed by atoms with van der Waals surface area (Å²) in [5.41, 5.74) is 2.76. The minimum Gasteiger partial charge on any atom is -0.480 e. The Kier molecular flexibility index (Phi) is 5.87. The molecule has 1 unspecified atom stereocenters. The zero-order chi connectivity index (χ0) is 18.6. The second-order valence-corrected chi connectivity index (χ2v) is 5.63. The van der Waals surface area contributed by atoms with Crippen LogP contribution in [0.4, 0.5) is 4.39 Å². The van der Waals surface area contributed by atoms with Crippen LogP contribution in [0.15, 0.2) is 24.3 Å². The highest BCUT2D eigenvalue weighted by Crippen LogP contribution is 2.18. The van der Waals surface area contributed by atoms with Gasteiger partial charge in [-0.3, -0.25) is 4.79 Å². The van der Waals surface area contributed by atoms with Gasteiger partial charge in [0, 0.05) is 18.4 Å². The summed E-state index contributed by atoms with van der Waals surface area (Å²) >= 11 is 0. The Morgan fingerprint density at radius 2 is 1.96 bits per heavy atom. The van der Waals surface area contributed by atoms with Crippen molar-refractivity contribution in [3.05, 3.63) is 47.0 Å². The Bertz CT molecular complexity index is 771. The summed E-state index contributed by atoms with van der Waals surface area (Å²) in [6.45, 7) is 3.45. The van der Waals surface area contributed by atoms with Crippen LogP contribution in [0.3, 0.4) is 0 Å². The van der Waals surface area contributed by atoms with Crippen molar-refractivity contribution in [1.82, 2.24) is 15.1 Å². The van der Waals surface area contributed by atoms with Crippen molar-refractivity contribution in [2.45, 2.75) is 26.3 Å². The van der Waals surface area contributed by atoms with Crippen LogP contribution in [0.5, 0.6) is 0 Å². The van der Waals surface area contributed by atoms with Crippen LogP contribution >= 0.6 is 0 Å². The summed E-state index contributed by atoms with van der Waals surface area (Å²) < 4.78 is 19.5. The van der Waals surface area contributed by atoms with E-state index in [1.165, 1.54) is 19.2 Å². The van der Waals surface area contributed by atoms with Crippen molar-refractivity contribution in [1.29, 1.82) is 0 Å². The number of aromatic nitrogens is 2. The first-order valence-corrected chi connectivity index (χ1v) is 7.65. The first-order valence-electron chi connectivity index (χ1n) is 7.65. The maximum atomic E-state index is 13.1. The van der Waals surface area contributed by atoms with Crippen LogP contribution in [0.2, 0.25) is 0 Å². The third-order valence-electron chi connectivity index (χ3n) is 3.82. The molecule has 8 heteroatoms. The lowest BCUT2D eigenvalue weighted by Crippen LogP contribution is -2.44. The molecular formula is C17H20FN3O4. The first-order chi connectivity index (χ1) is 11.8. The molecule has 0 aliphatic carbocycles. The number of methoxy groups -OCH3 is 1. The molecule has 1 aromatic heterocycles. The van der Waals surface area contributed by atoms with Gasteiger partial charge in [-0.05, 0) is 38.1 Å². The molecule has 1 atom stereocenters. The average molecular weight is 349 g/mol. The molecule has 7 nitrogen and oxygen atoms in total. The number of hydrogen-bond donors (Lipinski definition) is 2. The van der Waals surface area contributed by atoms with Crippen LogP contribution in [0.25, 0.3) is 5.69 Å². The van der Waals surface area contributed by atoms with Crippen LogP contribution in [0.1, 0.15) is 17.0 Å². The van der Waals surface area contributed by atoms with Gasteiger partial charge in [0.25, 0.3) is 0 Å². The lowest BCUT2D eigenvalue weighted by atomic mass is 10.1. The third-order valence-corrected chi connectivity index (χ3v) is 3.82. The van der Waals surface area contributed by atoms with E-state index in [2.05, 4.69) is 10.4 Å². The van der Waals surface area contributed by atoms with Crippen molar-refractivity contribution in [2.24, 2.45) is 0 Å². The Morgan fingerprint density at radius 1 is 1.32 bits per heavy atom. The summed E-state index contributed by atoms with van der Waals surface area (Å²) in [5.74, 6) is -1.94. The molecule has 0 aliphatic rings. The quantitative estimate of drug-likeness (QED) is 0.788. The summed E-state index contributed by atoms with van der Waals surface area (Å²) in [7, 11) is 1.36. The molecule has 0 fully saturated rings. The van der Waals surface area contributed by atoms with Gasteiger partial charge in [0.05, 0.1) is 24.4 Å². The number of hydrogen-bond acceptors (Lipinski definition) is 4. The van der Waals surface area contributed by atoms with Crippen molar-refractivity contribution in [2.75, 3.05) is 13.7 Å². The molecule has 1 heterocycles. The number of carboxylic acid groups (broad SMARTS) is 1. The zero-order valence-electron chi connectivity index (χ0n) is 14.2.